The molecule has 1 heterocycles. The summed E-state index contributed by atoms with van der Waals surface area (Å²) in [5.41, 5.74) is 4.68. The van der Waals surface area contributed by atoms with Crippen molar-refractivity contribution in [3.05, 3.63) is 52.8 Å². The largest absolute Gasteiger partial charge is 0.497 e. The molecule has 21 heavy (non-hydrogen) atoms. The van der Waals surface area contributed by atoms with Crippen molar-refractivity contribution < 1.29 is 9.53 Å². The molecule has 3 rings (SSSR count). The Morgan fingerprint density at radius 3 is 2.67 bits per heavy atom. The fourth-order valence-corrected chi connectivity index (χ4v) is 3.13. The van der Waals surface area contributed by atoms with Crippen molar-refractivity contribution in [3.63, 3.8) is 0 Å². The number of nitrogens with zero attached hydrogens (tertiary/aromatic N) is 1. The molecule has 0 atom stereocenters. The maximum absolute atomic E-state index is 12.0. The summed E-state index contributed by atoms with van der Waals surface area (Å²) in [6.07, 6.45) is 3.68. The molecule has 0 spiro atoms. The molecule has 2 aromatic rings. The summed E-state index contributed by atoms with van der Waals surface area (Å²) >= 11 is 0. The molecule has 0 bridgehead atoms. The van der Waals surface area contributed by atoms with Gasteiger partial charge >= 0.3 is 0 Å². The minimum absolute atomic E-state index is 0.308. The SMILES string of the molecule is COc1ccc(CCn2c(C)cc3c2CCCC3=O)cc1. The minimum Gasteiger partial charge on any atom is -0.497 e. The average molecular weight is 283 g/mol. The summed E-state index contributed by atoms with van der Waals surface area (Å²) in [7, 11) is 1.68. The first-order chi connectivity index (χ1) is 10.2. The van der Waals surface area contributed by atoms with Crippen LogP contribution in [0.25, 0.3) is 0 Å². The number of ether oxygens (including phenoxy) is 1. The maximum atomic E-state index is 12.0. The van der Waals surface area contributed by atoms with Crippen molar-refractivity contribution >= 4 is 5.78 Å². The summed E-state index contributed by atoms with van der Waals surface area (Å²) in [5.74, 6) is 1.20. The van der Waals surface area contributed by atoms with Crippen molar-refractivity contribution in [2.45, 2.75) is 39.2 Å². The van der Waals surface area contributed by atoms with E-state index < -0.39 is 0 Å². The monoisotopic (exact) mass is 283 g/mol. The number of Topliss-reactive ketones (excluding diaryl/α,β-unsaturated/α-hetero) is 1. The predicted octanol–water partition coefficient (Wildman–Crippen LogP) is 3.57. The Morgan fingerprint density at radius 1 is 1.19 bits per heavy atom. The number of benzene rings is 1. The predicted molar refractivity (Wildman–Crippen MR) is 83.1 cm³/mol. The number of carbonyl (C=O) groups excluding carboxylic acids is 1. The number of aryl methyl sites for hydroxylation is 2. The molecule has 3 heteroatoms. The van der Waals surface area contributed by atoms with Gasteiger partial charge in [-0.05, 0) is 49.9 Å². The van der Waals surface area contributed by atoms with E-state index in [9.17, 15) is 4.79 Å². The van der Waals surface area contributed by atoms with Gasteiger partial charge in [-0.1, -0.05) is 12.1 Å². The van der Waals surface area contributed by atoms with E-state index >= 15 is 0 Å². The fourth-order valence-electron chi connectivity index (χ4n) is 3.13. The topological polar surface area (TPSA) is 31.2 Å². The van der Waals surface area contributed by atoms with Crippen LogP contribution in [0.3, 0.4) is 0 Å². The van der Waals surface area contributed by atoms with Crippen molar-refractivity contribution in [1.29, 1.82) is 0 Å². The van der Waals surface area contributed by atoms with Gasteiger partial charge in [-0.3, -0.25) is 4.79 Å². The van der Waals surface area contributed by atoms with Crippen molar-refractivity contribution in [2.75, 3.05) is 7.11 Å². The molecular formula is C18H21NO2. The van der Waals surface area contributed by atoms with Crippen LogP contribution in [0.15, 0.2) is 30.3 Å². The Labute approximate surface area is 125 Å². The zero-order valence-corrected chi connectivity index (χ0v) is 12.7. The molecule has 3 nitrogen and oxygen atoms in total. The highest BCUT2D eigenvalue weighted by Gasteiger charge is 2.22. The number of hydrogen-bond acceptors (Lipinski definition) is 2. The first kappa shape index (κ1) is 13.9. The number of hydrogen-bond donors (Lipinski definition) is 0. The Hall–Kier alpha value is -2.03. The second kappa shape index (κ2) is 5.76. The summed E-state index contributed by atoms with van der Waals surface area (Å²) in [4.78, 5) is 12.0. The highest BCUT2D eigenvalue weighted by Crippen LogP contribution is 2.25. The van der Waals surface area contributed by atoms with E-state index in [1.54, 1.807) is 7.11 Å². The molecule has 0 saturated carbocycles. The lowest BCUT2D eigenvalue weighted by Gasteiger charge is -2.16. The number of rotatable bonds is 4. The molecule has 0 saturated heterocycles. The molecule has 110 valence electrons. The molecular weight excluding hydrogens is 262 g/mol. The molecule has 1 aliphatic carbocycles. The first-order valence-corrected chi connectivity index (χ1v) is 7.54. The van der Waals surface area contributed by atoms with Crippen LogP contribution < -0.4 is 4.74 Å². The average Bonchev–Trinajstić information content (AvgIpc) is 2.83. The normalized spacial score (nSPS) is 14.1. The van der Waals surface area contributed by atoms with Crippen LogP contribution in [0, 0.1) is 6.92 Å². The number of methoxy groups -OCH3 is 1. The van der Waals surface area contributed by atoms with Crippen LogP contribution in [0.1, 0.15) is 40.2 Å². The van der Waals surface area contributed by atoms with Crippen LogP contribution in [0.2, 0.25) is 0 Å². The standard InChI is InChI=1S/C18H21NO2/c1-13-12-16-17(4-3-5-18(16)20)19(13)11-10-14-6-8-15(21-2)9-7-14/h6-9,12H,3-5,10-11H2,1-2H3. The fraction of sp³-hybridized carbons (Fsp3) is 0.389. The van der Waals surface area contributed by atoms with E-state index in [1.807, 2.05) is 12.1 Å². The second-order valence-corrected chi connectivity index (χ2v) is 5.67. The number of aromatic nitrogens is 1. The molecule has 0 aliphatic heterocycles. The summed E-state index contributed by atoms with van der Waals surface area (Å²) in [6.45, 7) is 3.03. The Bertz CT molecular complexity index is 653. The van der Waals surface area contributed by atoms with Gasteiger partial charge in [0.05, 0.1) is 7.11 Å². The van der Waals surface area contributed by atoms with E-state index in [4.69, 9.17) is 4.74 Å². The third-order valence-electron chi connectivity index (χ3n) is 4.32. The highest BCUT2D eigenvalue weighted by atomic mass is 16.5. The van der Waals surface area contributed by atoms with Crippen LogP contribution in [0.4, 0.5) is 0 Å². The van der Waals surface area contributed by atoms with E-state index in [2.05, 4.69) is 29.7 Å². The first-order valence-electron chi connectivity index (χ1n) is 7.54. The maximum Gasteiger partial charge on any atom is 0.164 e. The van der Waals surface area contributed by atoms with Gasteiger partial charge in [0, 0.05) is 29.9 Å². The highest BCUT2D eigenvalue weighted by molar-refractivity contribution is 5.98. The molecule has 0 radical (unpaired) electrons. The summed E-state index contributed by atoms with van der Waals surface area (Å²) < 4.78 is 7.50. The summed E-state index contributed by atoms with van der Waals surface area (Å²) in [5, 5.41) is 0. The van der Waals surface area contributed by atoms with Gasteiger partial charge in [0.15, 0.2) is 5.78 Å². The van der Waals surface area contributed by atoms with Crippen molar-refractivity contribution in [1.82, 2.24) is 4.57 Å². The lowest BCUT2D eigenvalue weighted by molar-refractivity contribution is 0.0972. The molecule has 0 amide bonds. The Balaban J connectivity index is 1.77. The van der Waals surface area contributed by atoms with E-state index in [0.717, 1.165) is 37.1 Å². The zero-order valence-electron chi connectivity index (χ0n) is 12.7. The van der Waals surface area contributed by atoms with Gasteiger partial charge in [-0.25, -0.2) is 0 Å². The van der Waals surface area contributed by atoms with Crippen LogP contribution in [0.5, 0.6) is 5.75 Å². The van der Waals surface area contributed by atoms with Gasteiger partial charge in [0.2, 0.25) is 0 Å². The van der Waals surface area contributed by atoms with Gasteiger partial charge in [-0.15, -0.1) is 0 Å². The third kappa shape index (κ3) is 2.73. The van der Waals surface area contributed by atoms with Crippen LogP contribution in [-0.4, -0.2) is 17.5 Å². The van der Waals surface area contributed by atoms with Crippen molar-refractivity contribution in [3.8, 4) is 5.75 Å². The smallest absolute Gasteiger partial charge is 0.164 e. The van der Waals surface area contributed by atoms with E-state index in [1.165, 1.54) is 17.0 Å². The van der Waals surface area contributed by atoms with E-state index in [0.29, 0.717) is 12.2 Å². The number of ketones is 1. The third-order valence-corrected chi connectivity index (χ3v) is 4.32. The second-order valence-electron chi connectivity index (χ2n) is 5.67. The lowest BCUT2D eigenvalue weighted by atomic mass is 9.96. The number of fused-ring (bicyclic) bond motifs is 1. The molecule has 1 aromatic carbocycles. The molecule has 0 N–H and O–H groups in total. The Kier molecular flexibility index (Phi) is 3.82. The van der Waals surface area contributed by atoms with Gasteiger partial charge < -0.3 is 9.30 Å². The lowest BCUT2D eigenvalue weighted by Crippen LogP contribution is -2.14. The van der Waals surface area contributed by atoms with Crippen LogP contribution >= 0.6 is 0 Å². The van der Waals surface area contributed by atoms with Crippen LogP contribution in [-0.2, 0) is 19.4 Å². The molecule has 1 aliphatic rings. The van der Waals surface area contributed by atoms with Gasteiger partial charge in [0.25, 0.3) is 0 Å². The van der Waals surface area contributed by atoms with Gasteiger partial charge in [0.1, 0.15) is 5.75 Å². The molecule has 0 fully saturated rings. The molecule has 0 unspecified atom stereocenters. The minimum atomic E-state index is 0.308. The van der Waals surface area contributed by atoms with Gasteiger partial charge in [-0.2, -0.15) is 0 Å². The summed E-state index contributed by atoms with van der Waals surface area (Å²) in [6, 6.07) is 10.3. The Morgan fingerprint density at radius 2 is 1.95 bits per heavy atom. The zero-order chi connectivity index (χ0) is 14.8. The quantitative estimate of drug-likeness (QED) is 0.859. The van der Waals surface area contributed by atoms with Crippen molar-refractivity contribution in [2.24, 2.45) is 0 Å². The number of carbonyl (C=O) groups is 1. The van der Waals surface area contributed by atoms with E-state index in [-0.39, 0.29) is 0 Å². The molecule has 1 aromatic heterocycles.